The third kappa shape index (κ3) is 4.76. The molecule has 1 saturated carbocycles. The van der Waals surface area contributed by atoms with E-state index in [0.29, 0.717) is 25.7 Å². The van der Waals surface area contributed by atoms with Crippen molar-refractivity contribution < 1.29 is 36.8 Å². The minimum absolute atomic E-state index is 0.0643. The molecule has 1 aromatic rings. The maximum absolute atomic E-state index is 14.1. The summed E-state index contributed by atoms with van der Waals surface area (Å²) in [6.07, 6.45) is 6.93. The highest BCUT2D eigenvalue weighted by Gasteiger charge is 2.67. The number of aliphatic hydroxyl groups is 1. The second kappa shape index (κ2) is 10.4. The molecule has 8 nitrogen and oxygen atoms in total. The molecule has 1 aromatic carbocycles. The van der Waals surface area contributed by atoms with Crippen LogP contribution in [0.1, 0.15) is 71.3 Å². The number of hydrogen-bond acceptors (Lipinski definition) is 8. The van der Waals surface area contributed by atoms with Gasteiger partial charge in [-0.3, -0.25) is 18.6 Å². The van der Waals surface area contributed by atoms with Crippen LogP contribution in [0.3, 0.4) is 0 Å². The summed E-state index contributed by atoms with van der Waals surface area (Å²) in [5.74, 6) is -1.39. The van der Waals surface area contributed by atoms with Gasteiger partial charge in [-0.1, -0.05) is 48.8 Å². The Hall–Kier alpha value is -2.88. The van der Waals surface area contributed by atoms with Gasteiger partial charge in [0.05, 0.1) is 11.0 Å². The fourth-order valence-electron chi connectivity index (χ4n) is 7.74. The highest BCUT2D eigenvalue weighted by Crippen LogP contribution is 2.65. The molecular weight excluding hydrogens is 544 g/mol. The zero-order valence-corrected chi connectivity index (χ0v) is 24.9. The van der Waals surface area contributed by atoms with Crippen LogP contribution in [-0.4, -0.2) is 49.4 Å². The molecule has 1 N–H and O–H groups in total. The van der Waals surface area contributed by atoms with Crippen molar-refractivity contribution in [2.75, 3.05) is 6.61 Å². The maximum Gasteiger partial charge on any atom is 0.306 e. The molecule has 0 spiro atoms. The Morgan fingerprint density at radius 3 is 2.51 bits per heavy atom. The summed E-state index contributed by atoms with van der Waals surface area (Å²) in [7, 11) is -4.23. The summed E-state index contributed by atoms with van der Waals surface area (Å²) in [4.78, 5) is 39.1. The van der Waals surface area contributed by atoms with Crippen molar-refractivity contribution in [2.45, 2.75) is 89.2 Å². The van der Waals surface area contributed by atoms with Gasteiger partial charge in [-0.05, 0) is 88.1 Å². The first-order valence-electron chi connectivity index (χ1n) is 14.3. The number of aryl methyl sites for hydroxylation is 1. The zero-order valence-electron chi connectivity index (χ0n) is 24.1. The summed E-state index contributed by atoms with van der Waals surface area (Å²) in [5, 5.41) is 11.7. The van der Waals surface area contributed by atoms with E-state index >= 15 is 0 Å². The molecule has 41 heavy (non-hydrogen) atoms. The Labute approximate surface area is 241 Å². The van der Waals surface area contributed by atoms with E-state index in [4.69, 9.17) is 8.92 Å². The Morgan fingerprint density at radius 2 is 1.83 bits per heavy atom. The zero-order chi connectivity index (χ0) is 29.8. The van der Waals surface area contributed by atoms with Gasteiger partial charge in [0.2, 0.25) is 5.78 Å². The normalized spacial score (nSPS) is 32.6. The smallest absolute Gasteiger partial charge is 0.306 e. The Bertz CT molecular complexity index is 1480. The van der Waals surface area contributed by atoms with Crippen LogP contribution >= 0.6 is 0 Å². The number of esters is 1. The van der Waals surface area contributed by atoms with Crippen molar-refractivity contribution in [3.8, 4) is 0 Å². The van der Waals surface area contributed by atoms with E-state index in [1.807, 2.05) is 33.8 Å². The molecule has 220 valence electrons. The molecule has 0 radical (unpaired) electrons. The Kier molecular flexibility index (Phi) is 7.54. The highest BCUT2D eigenvalue weighted by molar-refractivity contribution is 7.86. The van der Waals surface area contributed by atoms with E-state index < -0.39 is 51.0 Å². The molecule has 4 aliphatic carbocycles. The number of fused-ring (bicyclic) bond motifs is 4. The highest BCUT2D eigenvalue weighted by atomic mass is 32.2. The molecule has 0 heterocycles. The monoisotopic (exact) mass is 582 g/mol. The lowest BCUT2D eigenvalue weighted by Gasteiger charge is -2.54. The molecule has 1 fully saturated rings. The van der Waals surface area contributed by atoms with E-state index in [0.717, 1.165) is 22.3 Å². The first kappa shape index (κ1) is 29.6. The summed E-state index contributed by atoms with van der Waals surface area (Å²) in [6.45, 7) is 6.77. The second-order valence-electron chi connectivity index (χ2n) is 12.3. The van der Waals surface area contributed by atoms with Gasteiger partial charge in [-0.25, -0.2) is 0 Å². The predicted molar refractivity (Wildman–Crippen MR) is 151 cm³/mol. The van der Waals surface area contributed by atoms with Gasteiger partial charge in [0.25, 0.3) is 10.1 Å². The molecule has 0 saturated heterocycles. The van der Waals surface area contributed by atoms with E-state index in [2.05, 4.69) is 0 Å². The van der Waals surface area contributed by atoms with Gasteiger partial charge in [0, 0.05) is 17.3 Å². The average Bonchev–Trinajstić information content (AvgIpc) is 3.20. The van der Waals surface area contributed by atoms with Gasteiger partial charge >= 0.3 is 5.97 Å². The molecule has 0 amide bonds. The van der Waals surface area contributed by atoms with Crippen LogP contribution in [-0.2, 0) is 33.4 Å². The molecule has 0 aliphatic heterocycles. The topological polar surface area (TPSA) is 124 Å². The lowest BCUT2D eigenvalue weighted by Crippen LogP contribution is -2.59. The molecule has 4 aliphatic rings. The van der Waals surface area contributed by atoms with Crippen LogP contribution in [0.2, 0.25) is 0 Å². The predicted octanol–water partition coefficient (Wildman–Crippen LogP) is 4.69. The molecule has 0 bridgehead atoms. The number of ether oxygens (including phenoxy) is 1. The van der Waals surface area contributed by atoms with Crippen LogP contribution in [0.15, 0.2) is 64.1 Å². The standard InChI is InChI=1S/C32H38O8S/c1-5-6-28(36)40-32(27(35)19-39-41(37,38)23-10-7-20(2)8-11-23)16-14-25-24-12-9-21-17-22(33)13-15-30(21,3)29(24)26(34)18-31(25,32)4/h7-8,10-11,13,15,17,25-26,34H,5-6,9,12,14,16,18-19H2,1-4H3/t25-,26?,30-,31-,32-/m0/s1. The number of ketones is 2. The molecule has 0 aromatic heterocycles. The SMILES string of the molecule is CCCC(=O)O[C@]1(C(=O)COS(=O)(=O)c2ccc(C)cc2)CC[C@H]2C3=C(C(O)C[C@@]21C)[C@@]1(C)C=CC(=O)C=C1CC3. The van der Waals surface area contributed by atoms with Crippen molar-refractivity contribution in [3.05, 3.63) is 64.8 Å². The van der Waals surface area contributed by atoms with E-state index in [1.54, 1.807) is 24.3 Å². The molecule has 5 rings (SSSR count). The minimum atomic E-state index is -4.23. The molecular formula is C32H38O8S. The number of Topliss-reactive ketones (excluding diaryl/α,β-unsaturated/α-hetero) is 1. The summed E-state index contributed by atoms with van der Waals surface area (Å²) < 4.78 is 37.2. The number of aliphatic hydroxyl groups excluding tert-OH is 1. The van der Waals surface area contributed by atoms with Crippen LogP contribution in [0.5, 0.6) is 0 Å². The van der Waals surface area contributed by atoms with Gasteiger partial charge in [-0.15, -0.1) is 0 Å². The van der Waals surface area contributed by atoms with Gasteiger partial charge in [0.15, 0.2) is 11.4 Å². The van der Waals surface area contributed by atoms with Crippen LogP contribution < -0.4 is 0 Å². The van der Waals surface area contributed by atoms with Crippen LogP contribution in [0, 0.1) is 23.7 Å². The van der Waals surface area contributed by atoms with Gasteiger partial charge < -0.3 is 9.84 Å². The van der Waals surface area contributed by atoms with Crippen molar-refractivity contribution >= 4 is 27.7 Å². The summed E-state index contributed by atoms with van der Waals surface area (Å²) in [5.41, 5.74) is 0.529. The molecule has 9 heteroatoms. The average molecular weight is 583 g/mol. The number of allylic oxidation sites excluding steroid dienone is 5. The number of carbonyl (C=O) groups is 3. The van der Waals surface area contributed by atoms with Crippen molar-refractivity contribution in [3.63, 3.8) is 0 Å². The van der Waals surface area contributed by atoms with Gasteiger partial charge in [-0.2, -0.15) is 8.42 Å². The summed E-state index contributed by atoms with van der Waals surface area (Å²) in [6, 6.07) is 6.13. The van der Waals surface area contributed by atoms with Crippen LogP contribution in [0.4, 0.5) is 0 Å². The number of carbonyl (C=O) groups excluding carboxylic acids is 3. The fraction of sp³-hybridized carbons (Fsp3) is 0.531. The summed E-state index contributed by atoms with van der Waals surface area (Å²) >= 11 is 0. The minimum Gasteiger partial charge on any atom is -0.450 e. The first-order valence-corrected chi connectivity index (χ1v) is 15.8. The Morgan fingerprint density at radius 1 is 1.12 bits per heavy atom. The third-order valence-corrected chi connectivity index (χ3v) is 11.1. The van der Waals surface area contributed by atoms with Crippen molar-refractivity contribution in [1.82, 2.24) is 0 Å². The Balaban J connectivity index is 1.51. The third-order valence-electron chi connectivity index (χ3n) is 9.83. The van der Waals surface area contributed by atoms with E-state index in [9.17, 15) is 27.9 Å². The van der Waals surface area contributed by atoms with Crippen molar-refractivity contribution in [2.24, 2.45) is 16.7 Å². The lowest BCUT2D eigenvalue weighted by molar-refractivity contribution is -0.185. The first-order chi connectivity index (χ1) is 19.3. The largest absolute Gasteiger partial charge is 0.450 e. The van der Waals surface area contributed by atoms with E-state index in [-0.39, 0.29) is 35.9 Å². The number of hydrogen-bond donors (Lipinski definition) is 1. The van der Waals surface area contributed by atoms with Gasteiger partial charge in [0.1, 0.15) is 6.61 Å². The number of benzene rings is 1. The van der Waals surface area contributed by atoms with Crippen molar-refractivity contribution in [1.29, 1.82) is 0 Å². The second-order valence-corrected chi connectivity index (χ2v) is 13.9. The number of rotatable bonds is 8. The molecule has 5 atom stereocenters. The quantitative estimate of drug-likeness (QED) is 0.266. The fourth-order valence-corrected chi connectivity index (χ4v) is 8.60. The van der Waals surface area contributed by atoms with Crippen LogP contribution in [0.25, 0.3) is 0 Å². The lowest BCUT2D eigenvalue weighted by atomic mass is 9.52. The maximum atomic E-state index is 14.1. The van der Waals surface area contributed by atoms with E-state index in [1.165, 1.54) is 12.1 Å². The molecule has 1 unspecified atom stereocenters.